The number of amides is 2. The summed E-state index contributed by atoms with van der Waals surface area (Å²) in [5.74, 6) is -1.09. The van der Waals surface area contributed by atoms with E-state index in [1.54, 1.807) is 14.2 Å². The minimum atomic E-state index is -1.09. The first-order valence-electron chi connectivity index (χ1n) is 5.24. The lowest BCUT2D eigenvalue weighted by atomic mass is 10.2. The number of carboxylic acids is 1. The zero-order valence-corrected chi connectivity index (χ0v) is 10.2. The lowest BCUT2D eigenvalue weighted by molar-refractivity contribution is 0.0696. The maximum Gasteiger partial charge on any atom is 0.337 e. The Morgan fingerprint density at radius 2 is 2.22 bits per heavy atom. The van der Waals surface area contributed by atoms with Crippen LogP contribution in [0.25, 0.3) is 0 Å². The van der Waals surface area contributed by atoms with Gasteiger partial charge in [-0.2, -0.15) is 0 Å². The van der Waals surface area contributed by atoms with E-state index in [2.05, 4.69) is 10.3 Å². The summed E-state index contributed by atoms with van der Waals surface area (Å²) < 4.78 is 4.85. The minimum Gasteiger partial charge on any atom is -0.478 e. The molecule has 98 valence electrons. The maximum atomic E-state index is 11.7. The molecule has 1 rings (SSSR count). The van der Waals surface area contributed by atoms with Gasteiger partial charge < -0.3 is 20.1 Å². The van der Waals surface area contributed by atoms with Crippen molar-refractivity contribution in [3.63, 3.8) is 0 Å². The van der Waals surface area contributed by atoms with Crippen molar-refractivity contribution in [2.45, 2.75) is 0 Å². The summed E-state index contributed by atoms with van der Waals surface area (Å²) in [7, 11) is 3.16. The summed E-state index contributed by atoms with van der Waals surface area (Å²) in [5.41, 5.74) is 0.358. The van der Waals surface area contributed by atoms with Crippen LogP contribution in [0.15, 0.2) is 18.5 Å². The van der Waals surface area contributed by atoms with Crippen molar-refractivity contribution in [3.8, 4) is 0 Å². The largest absolute Gasteiger partial charge is 0.478 e. The Kier molecular flexibility index (Phi) is 5.06. The molecule has 0 aliphatic carbocycles. The summed E-state index contributed by atoms with van der Waals surface area (Å²) in [5, 5.41) is 11.3. The number of hydrogen-bond donors (Lipinski definition) is 2. The first-order chi connectivity index (χ1) is 8.54. The van der Waals surface area contributed by atoms with E-state index in [4.69, 9.17) is 9.84 Å². The molecule has 0 aliphatic heterocycles. The number of aromatic nitrogens is 1. The first kappa shape index (κ1) is 13.9. The van der Waals surface area contributed by atoms with Gasteiger partial charge in [-0.3, -0.25) is 4.98 Å². The van der Waals surface area contributed by atoms with Crippen LogP contribution in [0.4, 0.5) is 10.5 Å². The van der Waals surface area contributed by atoms with E-state index < -0.39 is 5.97 Å². The van der Waals surface area contributed by atoms with Gasteiger partial charge in [0.15, 0.2) is 0 Å². The third-order valence-electron chi connectivity index (χ3n) is 2.21. The fraction of sp³-hybridized carbons (Fsp3) is 0.364. The second-order valence-corrected chi connectivity index (χ2v) is 3.61. The van der Waals surface area contributed by atoms with E-state index in [1.165, 1.54) is 23.4 Å². The topological polar surface area (TPSA) is 91.8 Å². The molecule has 0 saturated heterocycles. The third-order valence-corrected chi connectivity index (χ3v) is 2.21. The molecule has 2 N–H and O–H groups in total. The minimum absolute atomic E-state index is 0.0207. The maximum absolute atomic E-state index is 11.7. The molecule has 0 spiro atoms. The van der Waals surface area contributed by atoms with Crippen molar-refractivity contribution in [2.24, 2.45) is 0 Å². The van der Waals surface area contributed by atoms with Crippen molar-refractivity contribution >= 4 is 17.7 Å². The van der Waals surface area contributed by atoms with Crippen LogP contribution >= 0.6 is 0 Å². The number of rotatable bonds is 5. The molecule has 7 nitrogen and oxygen atoms in total. The number of hydrogen-bond acceptors (Lipinski definition) is 4. The molecule has 0 fully saturated rings. The predicted molar refractivity (Wildman–Crippen MR) is 64.7 cm³/mol. The molecule has 1 aromatic heterocycles. The number of anilines is 1. The van der Waals surface area contributed by atoms with Crippen LogP contribution < -0.4 is 5.32 Å². The molecule has 0 atom stereocenters. The van der Waals surface area contributed by atoms with Crippen LogP contribution in [-0.4, -0.2) is 54.3 Å². The molecule has 0 aliphatic rings. The van der Waals surface area contributed by atoms with Gasteiger partial charge >= 0.3 is 12.0 Å². The number of aromatic carboxylic acids is 1. The summed E-state index contributed by atoms with van der Waals surface area (Å²) >= 11 is 0. The molecule has 0 radical (unpaired) electrons. The summed E-state index contributed by atoms with van der Waals surface area (Å²) in [6.45, 7) is 0.867. The molecule has 7 heteroatoms. The quantitative estimate of drug-likeness (QED) is 0.813. The monoisotopic (exact) mass is 253 g/mol. The summed E-state index contributed by atoms with van der Waals surface area (Å²) in [4.78, 5) is 27.6. The average Bonchev–Trinajstić information content (AvgIpc) is 2.36. The number of pyridine rings is 1. The molecule has 1 heterocycles. The van der Waals surface area contributed by atoms with Gasteiger partial charge in [0.1, 0.15) is 0 Å². The molecule has 2 amide bonds. The van der Waals surface area contributed by atoms with E-state index in [0.29, 0.717) is 18.8 Å². The smallest absolute Gasteiger partial charge is 0.337 e. The van der Waals surface area contributed by atoms with Crippen LogP contribution in [-0.2, 0) is 4.74 Å². The second-order valence-electron chi connectivity index (χ2n) is 3.61. The molecule has 0 unspecified atom stereocenters. The lowest BCUT2D eigenvalue weighted by Crippen LogP contribution is -2.33. The number of carbonyl (C=O) groups excluding carboxylic acids is 1. The summed E-state index contributed by atoms with van der Waals surface area (Å²) in [6, 6.07) is 0.994. The second kappa shape index (κ2) is 6.55. The highest BCUT2D eigenvalue weighted by Gasteiger charge is 2.10. The van der Waals surface area contributed by atoms with Gasteiger partial charge in [0.25, 0.3) is 0 Å². The van der Waals surface area contributed by atoms with Gasteiger partial charge in [-0.25, -0.2) is 9.59 Å². The van der Waals surface area contributed by atoms with Gasteiger partial charge in [0.05, 0.1) is 24.1 Å². The third kappa shape index (κ3) is 4.02. The molecule has 0 bridgehead atoms. The Hall–Kier alpha value is -2.15. The average molecular weight is 253 g/mol. The number of urea groups is 1. The van der Waals surface area contributed by atoms with Crippen LogP contribution in [0.2, 0.25) is 0 Å². The molecule has 0 saturated carbocycles. The standard InChI is InChI=1S/C11H15N3O4/c1-14(3-4-18-2)11(17)13-9-5-8(10(15)16)6-12-7-9/h5-7H,3-4H2,1-2H3,(H,13,17)(H,15,16). The molecule has 1 aromatic rings. The number of methoxy groups -OCH3 is 1. The number of carbonyl (C=O) groups is 2. The Morgan fingerprint density at radius 1 is 1.50 bits per heavy atom. The Labute approximate surface area is 104 Å². The molecular weight excluding hydrogens is 238 g/mol. The predicted octanol–water partition coefficient (Wildman–Crippen LogP) is 0.890. The van der Waals surface area contributed by atoms with Crippen molar-refractivity contribution in [1.29, 1.82) is 0 Å². The summed E-state index contributed by atoms with van der Waals surface area (Å²) in [6.07, 6.45) is 2.60. The van der Waals surface area contributed by atoms with Crippen LogP contribution in [0, 0.1) is 0 Å². The highest BCUT2D eigenvalue weighted by atomic mass is 16.5. The lowest BCUT2D eigenvalue weighted by Gasteiger charge is -2.17. The number of carboxylic acid groups (broad SMARTS) is 1. The van der Waals surface area contributed by atoms with E-state index in [9.17, 15) is 9.59 Å². The number of nitrogens with zero attached hydrogens (tertiary/aromatic N) is 2. The van der Waals surface area contributed by atoms with Gasteiger partial charge in [-0.15, -0.1) is 0 Å². The van der Waals surface area contributed by atoms with Crippen LogP contribution in [0.1, 0.15) is 10.4 Å². The van der Waals surface area contributed by atoms with Crippen LogP contribution in [0.5, 0.6) is 0 Å². The Bertz CT molecular complexity index is 436. The number of ether oxygens (including phenoxy) is 1. The zero-order chi connectivity index (χ0) is 13.5. The van der Waals surface area contributed by atoms with E-state index >= 15 is 0 Å². The number of likely N-dealkylation sites (N-methyl/N-ethyl adjacent to an activating group) is 1. The molecule has 18 heavy (non-hydrogen) atoms. The normalized spacial score (nSPS) is 9.89. The molecule has 0 aromatic carbocycles. The number of nitrogens with one attached hydrogen (secondary N) is 1. The van der Waals surface area contributed by atoms with Crippen molar-refractivity contribution < 1.29 is 19.4 Å². The van der Waals surface area contributed by atoms with E-state index in [-0.39, 0.29) is 11.6 Å². The highest BCUT2D eigenvalue weighted by molar-refractivity contribution is 5.92. The highest BCUT2D eigenvalue weighted by Crippen LogP contribution is 2.09. The van der Waals surface area contributed by atoms with Gasteiger partial charge in [0.2, 0.25) is 0 Å². The molecular formula is C11H15N3O4. The van der Waals surface area contributed by atoms with Crippen molar-refractivity contribution in [1.82, 2.24) is 9.88 Å². The van der Waals surface area contributed by atoms with Gasteiger partial charge in [-0.1, -0.05) is 0 Å². The SMILES string of the molecule is COCCN(C)C(=O)Nc1cncc(C(=O)O)c1. The fourth-order valence-corrected chi connectivity index (χ4v) is 1.17. The first-order valence-corrected chi connectivity index (χ1v) is 5.24. The zero-order valence-electron chi connectivity index (χ0n) is 10.2. The van der Waals surface area contributed by atoms with E-state index in [1.807, 2.05) is 0 Å². The van der Waals surface area contributed by atoms with Crippen molar-refractivity contribution in [2.75, 3.05) is 32.6 Å². The van der Waals surface area contributed by atoms with E-state index in [0.717, 1.165) is 0 Å². The van der Waals surface area contributed by atoms with Gasteiger partial charge in [0, 0.05) is 26.9 Å². The van der Waals surface area contributed by atoms with Crippen LogP contribution in [0.3, 0.4) is 0 Å². The van der Waals surface area contributed by atoms with Crippen molar-refractivity contribution in [3.05, 3.63) is 24.0 Å². The Balaban J connectivity index is 2.64. The van der Waals surface area contributed by atoms with Gasteiger partial charge in [-0.05, 0) is 6.07 Å². The Morgan fingerprint density at radius 3 is 2.83 bits per heavy atom. The fourth-order valence-electron chi connectivity index (χ4n) is 1.17.